The Hall–Kier alpha value is 0.360. The summed E-state index contributed by atoms with van der Waals surface area (Å²) in [7, 11) is 0. The number of aliphatic hydroxyl groups is 3. The van der Waals surface area contributed by atoms with E-state index in [1.54, 1.807) is 0 Å². The Morgan fingerprint density at radius 2 is 2.00 bits per heavy atom. The first-order chi connectivity index (χ1) is 3.48. The highest BCUT2D eigenvalue weighted by atomic mass is 79.9. The summed E-state index contributed by atoms with van der Waals surface area (Å²) in [5.41, 5.74) is 0. The number of hydrogen-bond acceptors (Lipinski definition) is 3. The van der Waals surface area contributed by atoms with Gasteiger partial charge in [0.05, 0.1) is 11.4 Å². The van der Waals surface area contributed by atoms with E-state index < -0.39 is 10.6 Å². The Balaban J connectivity index is 3.62. The lowest BCUT2D eigenvalue weighted by molar-refractivity contribution is -0.147. The zero-order valence-corrected chi connectivity index (χ0v) is 6.09. The van der Waals surface area contributed by atoms with Crippen molar-refractivity contribution in [3.63, 3.8) is 0 Å². The van der Waals surface area contributed by atoms with E-state index >= 15 is 0 Å². The molecule has 0 aliphatic heterocycles. The summed E-state index contributed by atoms with van der Waals surface area (Å²) in [6.45, 7) is 0.909. The maximum atomic E-state index is 8.63. The summed E-state index contributed by atoms with van der Waals surface area (Å²) in [5, 5.41) is 25.6. The first-order valence-corrected chi connectivity index (χ1v) is 3.09. The minimum Gasteiger partial charge on any atom is -0.395 e. The van der Waals surface area contributed by atoms with Gasteiger partial charge in [-0.2, -0.15) is 0 Å². The molecule has 0 rings (SSSR count). The van der Waals surface area contributed by atoms with Crippen LogP contribution in [0.1, 0.15) is 6.92 Å². The maximum Gasteiger partial charge on any atom is 0.174 e. The predicted molar refractivity (Wildman–Crippen MR) is 32.6 cm³/mol. The van der Waals surface area contributed by atoms with Crippen LogP contribution in [0, 0.1) is 0 Å². The summed E-state index contributed by atoms with van der Waals surface area (Å²) in [4.78, 5) is -0.671. The third-order valence-electron chi connectivity index (χ3n) is 0.754. The van der Waals surface area contributed by atoms with E-state index in [9.17, 15) is 0 Å². The highest BCUT2D eigenvalue weighted by Gasteiger charge is 2.25. The fraction of sp³-hybridized carbons (Fsp3) is 1.00. The summed E-state index contributed by atoms with van der Waals surface area (Å²) in [6, 6.07) is 0. The lowest BCUT2D eigenvalue weighted by Crippen LogP contribution is -2.36. The zero-order chi connectivity index (χ0) is 6.78. The van der Waals surface area contributed by atoms with Crippen molar-refractivity contribution in [1.29, 1.82) is 0 Å². The lowest BCUT2D eigenvalue weighted by atomic mass is 10.2. The molecule has 0 radical (unpaired) electrons. The SMILES string of the molecule is CC(O)(O)[C@@H](Br)CO. The molecule has 3 N–H and O–H groups in total. The predicted octanol–water partition coefficient (Wildman–Crippen LogP) is -0.557. The first kappa shape index (κ1) is 8.36. The van der Waals surface area contributed by atoms with E-state index in [0.29, 0.717) is 0 Å². The molecule has 1 atom stereocenters. The number of hydrogen-bond donors (Lipinski definition) is 3. The quantitative estimate of drug-likeness (QED) is 0.399. The molecule has 0 saturated carbocycles. The largest absolute Gasteiger partial charge is 0.395 e. The van der Waals surface area contributed by atoms with Gasteiger partial charge in [0.15, 0.2) is 5.79 Å². The molecule has 0 spiro atoms. The molecule has 0 aliphatic rings. The Morgan fingerprint density at radius 3 is 2.00 bits per heavy atom. The topological polar surface area (TPSA) is 60.7 Å². The average Bonchev–Trinajstić information content (AvgIpc) is 1.62. The van der Waals surface area contributed by atoms with Gasteiger partial charge in [0.2, 0.25) is 0 Å². The third-order valence-corrected chi connectivity index (χ3v) is 1.91. The van der Waals surface area contributed by atoms with Gasteiger partial charge in [-0.15, -0.1) is 0 Å². The van der Waals surface area contributed by atoms with Crippen LogP contribution in [0.15, 0.2) is 0 Å². The maximum absolute atomic E-state index is 8.63. The fourth-order valence-electron chi connectivity index (χ4n) is 0.173. The van der Waals surface area contributed by atoms with E-state index in [2.05, 4.69) is 15.9 Å². The summed E-state index contributed by atoms with van der Waals surface area (Å²) < 4.78 is 0. The normalized spacial score (nSPS) is 16.1. The lowest BCUT2D eigenvalue weighted by Gasteiger charge is -2.19. The first-order valence-electron chi connectivity index (χ1n) is 2.18. The summed E-state index contributed by atoms with van der Waals surface area (Å²) >= 11 is 2.85. The molecular formula is C4H9BrO3. The van der Waals surface area contributed by atoms with Crippen LogP contribution in [0.2, 0.25) is 0 Å². The second-order valence-corrected chi connectivity index (χ2v) is 2.85. The monoisotopic (exact) mass is 184 g/mol. The molecule has 0 heterocycles. The second kappa shape index (κ2) is 2.77. The van der Waals surface area contributed by atoms with Gasteiger partial charge in [-0.25, -0.2) is 0 Å². The Morgan fingerprint density at radius 1 is 1.62 bits per heavy atom. The second-order valence-electron chi connectivity index (χ2n) is 1.74. The van der Waals surface area contributed by atoms with Gasteiger partial charge >= 0.3 is 0 Å². The molecule has 4 heteroatoms. The van der Waals surface area contributed by atoms with Crippen LogP contribution >= 0.6 is 15.9 Å². The Bertz CT molecular complexity index is 68.2. The van der Waals surface area contributed by atoms with Gasteiger partial charge in [0.1, 0.15) is 0 Å². The Kier molecular flexibility index (Phi) is 2.90. The van der Waals surface area contributed by atoms with Crippen LogP contribution in [0.4, 0.5) is 0 Å². The molecular weight excluding hydrogens is 176 g/mol. The van der Waals surface area contributed by atoms with Gasteiger partial charge in [-0.1, -0.05) is 15.9 Å². The highest BCUT2D eigenvalue weighted by Crippen LogP contribution is 2.12. The molecule has 0 aromatic carbocycles. The summed E-state index contributed by atoms with van der Waals surface area (Å²) in [5.74, 6) is -1.82. The van der Waals surface area contributed by atoms with Crippen molar-refractivity contribution >= 4 is 15.9 Å². The smallest absolute Gasteiger partial charge is 0.174 e. The number of halogens is 1. The van der Waals surface area contributed by atoms with Crippen LogP contribution < -0.4 is 0 Å². The number of aliphatic hydroxyl groups excluding tert-OH is 1. The van der Waals surface area contributed by atoms with Crippen molar-refractivity contribution in [2.45, 2.75) is 17.5 Å². The van der Waals surface area contributed by atoms with Crippen molar-refractivity contribution < 1.29 is 15.3 Å². The minimum absolute atomic E-state index is 0.288. The molecule has 0 amide bonds. The van der Waals surface area contributed by atoms with Crippen molar-refractivity contribution in [2.24, 2.45) is 0 Å². The van der Waals surface area contributed by atoms with Crippen molar-refractivity contribution in [3.05, 3.63) is 0 Å². The van der Waals surface area contributed by atoms with Crippen LogP contribution in [0.3, 0.4) is 0 Å². The molecule has 0 aromatic heterocycles. The van der Waals surface area contributed by atoms with Crippen LogP contribution in [0.25, 0.3) is 0 Å². The molecule has 0 aliphatic carbocycles. The van der Waals surface area contributed by atoms with Crippen LogP contribution in [-0.2, 0) is 0 Å². The number of rotatable bonds is 2. The molecule has 0 unspecified atom stereocenters. The van der Waals surface area contributed by atoms with Gasteiger partial charge in [-0.3, -0.25) is 0 Å². The van der Waals surface area contributed by atoms with Crippen molar-refractivity contribution in [1.82, 2.24) is 0 Å². The molecule has 0 fully saturated rings. The van der Waals surface area contributed by atoms with E-state index in [0.717, 1.165) is 0 Å². The van der Waals surface area contributed by atoms with E-state index in [-0.39, 0.29) is 6.61 Å². The average molecular weight is 185 g/mol. The van der Waals surface area contributed by atoms with Gasteiger partial charge in [0, 0.05) is 0 Å². The zero-order valence-electron chi connectivity index (χ0n) is 4.50. The molecule has 50 valence electrons. The van der Waals surface area contributed by atoms with Crippen LogP contribution in [-0.4, -0.2) is 32.5 Å². The summed E-state index contributed by atoms with van der Waals surface area (Å²) in [6.07, 6.45) is 0. The fourth-order valence-corrected chi connectivity index (χ4v) is 0.173. The van der Waals surface area contributed by atoms with Crippen molar-refractivity contribution in [2.75, 3.05) is 6.61 Å². The van der Waals surface area contributed by atoms with E-state index in [1.165, 1.54) is 6.92 Å². The molecule has 0 saturated heterocycles. The Labute approximate surface area is 56.1 Å². The number of alkyl halides is 1. The van der Waals surface area contributed by atoms with Crippen LogP contribution in [0.5, 0.6) is 0 Å². The van der Waals surface area contributed by atoms with Gasteiger partial charge in [0.25, 0.3) is 0 Å². The highest BCUT2D eigenvalue weighted by molar-refractivity contribution is 9.09. The molecule has 3 nitrogen and oxygen atoms in total. The van der Waals surface area contributed by atoms with E-state index in [1.807, 2.05) is 0 Å². The van der Waals surface area contributed by atoms with Crippen molar-refractivity contribution in [3.8, 4) is 0 Å². The minimum atomic E-state index is -1.82. The molecule has 0 bridgehead atoms. The standard InChI is InChI=1S/C4H9BrO3/c1-4(7,8)3(5)2-6/h3,6-8H,2H2,1H3/t3-/m0/s1. The molecule has 8 heavy (non-hydrogen) atoms. The van der Waals surface area contributed by atoms with Gasteiger partial charge < -0.3 is 15.3 Å². The third kappa shape index (κ3) is 2.61. The molecule has 0 aromatic rings. The van der Waals surface area contributed by atoms with E-state index in [4.69, 9.17) is 15.3 Å². The van der Waals surface area contributed by atoms with Gasteiger partial charge in [-0.05, 0) is 6.92 Å².